The summed E-state index contributed by atoms with van der Waals surface area (Å²) in [4.78, 5) is 10.5. The highest BCUT2D eigenvalue weighted by atomic mass is 16.1. The van der Waals surface area contributed by atoms with Crippen LogP contribution in [-0.2, 0) is 11.2 Å². The molecule has 0 aromatic heterocycles. The molecule has 0 saturated heterocycles. The van der Waals surface area contributed by atoms with Crippen molar-refractivity contribution in [1.29, 1.82) is 0 Å². The number of benzene rings is 1. The fourth-order valence-electron chi connectivity index (χ4n) is 1.64. The lowest BCUT2D eigenvalue weighted by Gasteiger charge is -1.98. The quantitative estimate of drug-likeness (QED) is 0.660. The summed E-state index contributed by atoms with van der Waals surface area (Å²) in [5, 5.41) is 0. The average molecular weight is 184 g/mol. The van der Waals surface area contributed by atoms with Gasteiger partial charge in [-0.2, -0.15) is 0 Å². The maximum atomic E-state index is 10.5. The molecule has 0 heterocycles. The van der Waals surface area contributed by atoms with Gasteiger partial charge in [0.2, 0.25) is 0 Å². The van der Waals surface area contributed by atoms with Crippen LogP contribution in [0.15, 0.2) is 53.6 Å². The minimum Gasteiger partial charge on any atom is -0.298 e. The lowest BCUT2D eigenvalue weighted by molar-refractivity contribution is -0.104. The van der Waals surface area contributed by atoms with Crippen LogP contribution >= 0.6 is 0 Å². The molecular formula is C13H12O. The van der Waals surface area contributed by atoms with E-state index in [1.807, 2.05) is 24.3 Å². The van der Waals surface area contributed by atoms with Crippen LogP contribution in [-0.4, -0.2) is 6.29 Å². The van der Waals surface area contributed by atoms with Crippen molar-refractivity contribution in [3.8, 4) is 0 Å². The maximum absolute atomic E-state index is 10.5. The molecule has 1 nitrogen and oxygen atoms in total. The van der Waals surface area contributed by atoms with Gasteiger partial charge in [0, 0.05) is 0 Å². The number of hydrogen-bond donors (Lipinski definition) is 0. The Bertz CT molecular complexity index is 385. The summed E-state index contributed by atoms with van der Waals surface area (Å²) in [6.45, 7) is 0. The van der Waals surface area contributed by atoms with Crippen LogP contribution in [0.5, 0.6) is 0 Å². The molecule has 0 spiro atoms. The first-order chi connectivity index (χ1) is 6.88. The Hall–Kier alpha value is -1.63. The highest BCUT2D eigenvalue weighted by molar-refractivity contribution is 5.76. The van der Waals surface area contributed by atoms with Crippen LogP contribution in [0.2, 0.25) is 0 Å². The van der Waals surface area contributed by atoms with Crippen molar-refractivity contribution < 1.29 is 4.79 Å². The van der Waals surface area contributed by atoms with Gasteiger partial charge >= 0.3 is 0 Å². The molecule has 0 atom stereocenters. The van der Waals surface area contributed by atoms with Gasteiger partial charge < -0.3 is 0 Å². The number of carbonyl (C=O) groups is 1. The van der Waals surface area contributed by atoms with Gasteiger partial charge in [-0.3, -0.25) is 4.79 Å². The fourth-order valence-corrected chi connectivity index (χ4v) is 1.64. The molecule has 70 valence electrons. The van der Waals surface area contributed by atoms with Gasteiger partial charge in [0.1, 0.15) is 6.29 Å². The van der Waals surface area contributed by atoms with Crippen molar-refractivity contribution in [1.82, 2.24) is 0 Å². The smallest absolute Gasteiger partial charge is 0.146 e. The van der Waals surface area contributed by atoms with E-state index in [4.69, 9.17) is 0 Å². The molecule has 0 unspecified atom stereocenters. The van der Waals surface area contributed by atoms with E-state index in [2.05, 4.69) is 18.2 Å². The summed E-state index contributed by atoms with van der Waals surface area (Å²) in [5.41, 5.74) is 3.43. The van der Waals surface area contributed by atoms with Crippen LogP contribution in [0.1, 0.15) is 12.0 Å². The Labute approximate surface area is 83.8 Å². The summed E-state index contributed by atoms with van der Waals surface area (Å²) in [5.74, 6) is 0. The van der Waals surface area contributed by atoms with Crippen molar-refractivity contribution in [3.05, 3.63) is 59.2 Å². The zero-order valence-corrected chi connectivity index (χ0v) is 7.94. The highest BCUT2D eigenvalue weighted by Gasteiger charge is 2.05. The number of aldehydes is 1. The minimum absolute atomic E-state index is 0.797. The van der Waals surface area contributed by atoms with Gasteiger partial charge in [-0.1, -0.05) is 42.5 Å². The van der Waals surface area contributed by atoms with Crippen LogP contribution in [0.25, 0.3) is 0 Å². The predicted octanol–water partition coefficient (Wildman–Crippen LogP) is 2.68. The van der Waals surface area contributed by atoms with E-state index in [9.17, 15) is 4.79 Å². The molecule has 0 fully saturated rings. The van der Waals surface area contributed by atoms with Gasteiger partial charge in [-0.15, -0.1) is 0 Å². The molecule has 1 aliphatic carbocycles. The van der Waals surface area contributed by atoms with E-state index in [0.29, 0.717) is 0 Å². The van der Waals surface area contributed by atoms with Gasteiger partial charge in [0.25, 0.3) is 0 Å². The van der Waals surface area contributed by atoms with Crippen LogP contribution in [0.4, 0.5) is 0 Å². The van der Waals surface area contributed by atoms with Gasteiger partial charge in [0.15, 0.2) is 0 Å². The first-order valence-electron chi connectivity index (χ1n) is 4.77. The third kappa shape index (κ3) is 1.99. The molecular weight excluding hydrogens is 172 g/mol. The third-order valence-electron chi connectivity index (χ3n) is 2.37. The summed E-state index contributed by atoms with van der Waals surface area (Å²) in [6.07, 6.45) is 6.77. The molecule has 0 N–H and O–H groups in total. The van der Waals surface area contributed by atoms with E-state index in [0.717, 1.165) is 24.7 Å². The van der Waals surface area contributed by atoms with Gasteiger partial charge in [-0.05, 0) is 29.6 Å². The zero-order chi connectivity index (χ0) is 9.80. The molecule has 1 aliphatic rings. The maximum Gasteiger partial charge on any atom is 0.146 e. The highest BCUT2D eigenvalue weighted by Crippen LogP contribution is 2.19. The SMILES string of the molecule is O=CC1=CC(Cc2ccccc2)=CC1. The second-order valence-corrected chi connectivity index (χ2v) is 3.48. The largest absolute Gasteiger partial charge is 0.298 e. The van der Waals surface area contributed by atoms with Gasteiger partial charge in [0.05, 0.1) is 0 Å². The average Bonchev–Trinajstić information content (AvgIpc) is 2.67. The molecule has 0 amide bonds. The molecule has 1 heteroatoms. The van der Waals surface area contributed by atoms with E-state index in [-0.39, 0.29) is 0 Å². The molecule has 0 bridgehead atoms. The number of allylic oxidation sites excluding steroid dienone is 4. The second-order valence-electron chi connectivity index (χ2n) is 3.48. The Morgan fingerprint density at radius 1 is 1.21 bits per heavy atom. The van der Waals surface area contributed by atoms with E-state index >= 15 is 0 Å². The van der Waals surface area contributed by atoms with Crippen LogP contribution < -0.4 is 0 Å². The molecule has 1 aromatic carbocycles. The van der Waals surface area contributed by atoms with Crippen LogP contribution in [0, 0.1) is 0 Å². The van der Waals surface area contributed by atoms with Gasteiger partial charge in [-0.25, -0.2) is 0 Å². The number of rotatable bonds is 3. The minimum atomic E-state index is 0.797. The fraction of sp³-hybridized carbons (Fsp3) is 0.154. The van der Waals surface area contributed by atoms with E-state index in [1.54, 1.807) is 0 Å². The lowest BCUT2D eigenvalue weighted by Crippen LogP contribution is -1.85. The molecule has 2 rings (SSSR count). The van der Waals surface area contributed by atoms with E-state index in [1.165, 1.54) is 11.1 Å². The third-order valence-corrected chi connectivity index (χ3v) is 2.37. The first-order valence-corrected chi connectivity index (χ1v) is 4.77. The number of hydrogen-bond acceptors (Lipinski definition) is 1. The Morgan fingerprint density at radius 3 is 2.64 bits per heavy atom. The molecule has 1 aromatic rings. The van der Waals surface area contributed by atoms with E-state index < -0.39 is 0 Å². The molecule has 14 heavy (non-hydrogen) atoms. The summed E-state index contributed by atoms with van der Waals surface area (Å²) in [7, 11) is 0. The van der Waals surface area contributed by atoms with Crippen molar-refractivity contribution >= 4 is 6.29 Å². The summed E-state index contributed by atoms with van der Waals surface area (Å²) < 4.78 is 0. The van der Waals surface area contributed by atoms with Crippen molar-refractivity contribution in [3.63, 3.8) is 0 Å². The Kier molecular flexibility index (Phi) is 2.59. The Balaban J connectivity index is 2.07. The topological polar surface area (TPSA) is 17.1 Å². The molecule has 0 saturated carbocycles. The zero-order valence-electron chi connectivity index (χ0n) is 7.94. The molecule has 0 aliphatic heterocycles. The Morgan fingerprint density at radius 2 is 2.00 bits per heavy atom. The summed E-state index contributed by atoms with van der Waals surface area (Å²) in [6, 6.07) is 10.3. The predicted molar refractivity (Wildman–Crippen MR) is 57.0 cm³/mol. The molecule has 0 radical (unpaired) electrons. The van der Waals surface area contributed by atoms with Crippen molar-refractivity contribution in [2.24, 2.45) is 0 Å². The first kappa shape index (κ1) is 8.95. The monoisotopic (exact) mass is 184 g/mol. The number of carbonyl (C=O) groups excluding carboxylic acids is 1. The lowest BCUT2D eigenvalue weighted by atomic mass is 10.1. The standard InChI is InChI=1S/C13H12O/c14-10-13-7-6-12(9-13)8-11-4-2-1-3-5-11/h1-6,9-10H,7-8H2. The van der Waals surface area contributed by atoms with Crippen molar-refractivity contribution in [2.75, 3.05) is 0 Å². The second kappa shape index (κ2) is 4.05. The normalized spacial score (nSPS) is 14.9. The van der Waals surface area contributed by atoms with Crippen LogP contribution in [0.3, 0.4) is 0 Å². The van der Waals surface area contributed by atoms with Crippen molar-refractivity contribution in [2.45, 2.75) is 12.8 Å². The summed E-state index contributed by atoms with van der Waals surface area (Å²) >= 11 is 0.